The van der Waals surface area contributed by atoms with E-state index in [2.05, 4.69) is 0 Å². The maximum atomic E-state index is 11.9. The van der Waals surface area contributed by atoms with Gasteiger partial charge in [-0.2, -0.15) is 0 Å². The zero-order valence-electron chi connectivity index (χ0n) is 19.2. The number of hydrogen-bond acceptors (Lipinski definition) is 10. The summed E-state index contributed by atoms with van der Waals surface area (Å²) in [7, 11) is 0. The van der Waals surface area contributed by atoms with Crippen molar-refractivity contribution >= 4 is 46.4 Å². The molecule has 3 rings (SSSR count). The lowest BCUT2D eigenvalue weighted by molar-refractivity contribution is -0.237. The Morgan fingerprint density at radius 1 is 0.765 bits per heavy atom. The van der Waals surface area contributed by atoms with Gasteiger partial charge in [-0.25, -0.2) is 0 Å². The maximum Gasteiger partial charge on any atom is 0.303 e. The van der Waals surface area contributed by atoms with Crippen LogP contribution in [0.5, 0.6) is 0 Å². The van der Waals surface area contributed by atoms with Crippen LogP contribution < -0.4 is 0 Å². The molecule has 182 valence electrons. The van der Waals surface area contributed by atoms with E-state index >= 15 is 0 Å². The van der Waals surface area contributed by atoms with Crippen molar-refractivity contribution in [3.63, 3.8) is 0 Å². The molecular formula is C24H26O9S. The first kappa shape index (κ1) is 25.5. The molecule has 5 atom stereocenters. The molecule has 0 N–H and O–H groups in total. The zero-order chi connectivity index (χ0) is 24.8. The molecule has 10 heteroatoms. The van der Waals surface area contributed by atoms with E-state index in [9.17, 15) is 19.2 Å². The lowest BCUT2D eigenvalue weighted by atomic mass is 9.99. The van der Waals surface area contributed by atoms with Crippen LogP contribution in [0.2, 0.25) is 0 Å². The minimum atomic E-state index is -1.18. The van der Waals surface area contributed by atoms with Gasteiger partial charge in [-0.1, -0.05) is 42.1 Å². The number of ether oxygens (including phenoxy) is 5. The quantitative estimate of drug-likeness (QED) is 0.424. The molecule has 1 heterocycles. The number of esters is 4. The summed E-state index contributed by atoms with van der Waals surface area (Å²) < 4.78 is 27.6. The normalized spacial score (nSPS) is 24.2. The monoisotopic (exact) mass is 490 g/mol. The van der Waals surface area contributed by atoms with Crippen molar-refractivity contribution in [3.8, 4) is 0 Å². The molecule has 0 saturated carbocycles. The Labute approximate surface area is 201 Å². The first-order valence-electron chi connectivity index (χ1n) is 10.6. The van der Waals surface area contributed by atoms with Gasteiger partial charge in [0.05, 0.1) is 0 Å². The highest BCUT2D eigenvalue weighted by molar-refractivity contribution is 7.99. The summed E-state index contributed by atoms with van der Waals surface area (Å²) >= 11 is 1.25. The summed E-state index contributed by atoms with van der Waals surface area (Å²) in [5, 5.41) is 2.05. The van der Waals surface area contributed by atoms with Crippen molar-refractivity contribution in [2.45, 2.75) is 62.4 Å². The SMILES string of the molecule is CC(=O)OC[C@H]1O[C@@H](Sc2ccc3ccccc3c2)[C@@H](OC(C)=O)[C@@H](OC(C)=O)[C@H]1OC(C)=O. The van der Waals surface area contributed by atoms with Crippen LogP contribution in [0, 0.1) is 0 Å². The minimum absolute atomic E-state index is 0.257. The van der Waals surface area contributed by atoms with Gasteiger partial charge < -0.3 is 23.7 Å². The van der Waals surface area contributed by atoms with Gasteiger partial charge in [0, 0.05) is 32.6 Å². The smallest absolute Gasteiger partial charge is 0.303 e. The Hall–Kier alpha value is -3.11. The summed E-state index contributed by atoms with van der Waals surface area (Å²) in [4.78, 5) is 47.9. The van der Waals surface area contributed by atoms with E-state index in [1.807, 2.05) is 42.5 Å². The fourth-order valence-electron chi connectivity index (χ4n) is 3.66. The molecule has 1 saturated heterocycles. The molecule has 0 bridgehead atoms. The first-order valence-corrected chi connectivity index (χ1v) is 11.5. The molecule has 34 heavy (non-hydrogen) atoms. The predicted molar refractivity (Wildman–Crippen MR) is 122 cm³/mol. The number of carbonyl (C=O) groups is 4. The van der Waals surface area contributed by atoms with Crippen LogP contribution >= 0.6 is 11.8 Å². The summed E-state index contributed by atoms with van der Waals surface area (Å²) in [5.74, 6) is -2.52. The van der Waals surface area contributed by atoms with Gasteiger partial charge in [-0.3, -0.25) is 19.2 Å². The molecular weight excluding hydrogens is 464 g/mol. The Balaban J connectivity index is 1.98. The van der Waals surface area contributed by atoms with E-state index in [-0.39, 0.29) is 6.61 Å². The molecule has 1 fully saturated rings. The third-order valence-corrected chi connectivity index (χ3v) is 6.06. The van der Waals surface area contributed by atoms with Gasteiger partial charge in [0.15, 0.2) is 18.3 Å². The van der Waals surface area contributed by atoms with Gasteiger partial charge >= 0.3 is 23.9 Å². The largest absolute Gasteiger partial charge is 0.463 e. The molecule has 1 aliphatic heterocycles. The molecule has 0 aromatic heterocycles. The Bertz CT molecular complexity index is 1070. The van der Waals surface area contributed by atoms with Crippen molar-refractivity contribution in [2.75, 3.05) is 6.61 Å². The Kier molecular flexibility index (Phi) is 8.51. The third kappa shape index (κ3) is 6.71. The predicted octanol–water partition coefficient (Wildman–Crippen LogP) is 3.02. The van der Waals surface area contributed by atoms with E-state index < -0.39 is 53.7 Å². The van der Waals surface area contributed by atoms with E-state index in [0.717, 1.165) is 15.7 Å². The second-order valence-corrected chi connectivity index (χ2v) is 8.87. The summed E-state index contributed by atoms with van der Waals surface area (Å²) in [6.45, 7) is 4.57. The highest BCUT2D eigenvalue weighted by atomic mass is 32.2. The fraction of sp³-hybridized carbons (Fsp3) is 0.417. The van der Waals surface area contributed by atoms with Gasteiger partial charge in [0.25, 0.3) is 0 Å². The molecule has 0 unspecified atom stereocenters. The van der Waals surface area contributed by atoms with E-state index in [1.54, 1.807) is 0 Å². The van der Waals surface area contributed by atoms with Crippen molar-refractivity contribution in [2.24, 2.45) is 0 Å². The Morgan fingerprint density at radius 3 is 1.97 bits per heavy atom. The van der Waals surface area contributed by atoms with Crippen LogP contribution in [-0.2, 0) is 42.9 Å². The molecule has 1 aliphatic rings. The van der Waals surface area contributed by atoms with Crippen LogP contribution in [0.3, 0.4) is 0 Å². The average molecular weight is 491 g/mol. The number of thioether (sulfide) groups is 1. The second-order valence-electron chi connectivity index (χ2n) is 7.69. The van der Waals surface area contributed by atoms with E-state index in [4.69, 9.17) is 23.7 Å². The fourth-order valence-corrected chi connectivity index (χ4v) is 4.81. The molecule has 0 spiro atoms. The Morgan fingerprint density at radius 2 is 1.35 bits per heavy atom. The molecule has 0 radical (unpaired) electrons. The van der Waals surface area contributed by atoms with Crippen LogP contribution in [-0.4, -0.2) is 60.3 Å². The van der Waals surface area contributed by atoms with Crippen molar-refractivity contribution in [1.82, 2.24) is 0 Å². The number of fused-ring (bicyclic) bond motifs is 1. The van der Waals surface area contributed by atoms with Crippen LogP contribution in [0.1, 0.15) is 27.7 Å². The second kappa shape index (κ2) is 11.3. The number of rotatable bonds is 7. The summed E-state index contributed by atoms with van der Waals surface area (Å²) in [6, 6.07) is 13.6. The van der Waals surface area contributed by atoms with Crippen molar-refractivity contribution in [3.05, 3.63) is 42.5 Å². The third-order valence-electron chi connectivity index (χ3n) is 4.92. The highest BCUT2D eigenvalue weighted by Gasteiger charge is 2.52. The molecule has 2 aromatic rings. The molecule has 0 amide bonds. The van der Waals surface area contributed by atoms with Crippen LogP contribution in [0.25, 0.3) is 10.8 Å². The average Bonchev–Trinajstić information content (AvgIpc) is 2.75. The summed E-state index contributed by atoms with van der Waals surface area (Å²) in [6.07, 6.45) is -4.42. The van der Waals surface area contributed by atoms with Crippen molar-refractivity contribution in [1.29, 1.82) is 0 Å². The summed E-state index contributed by atoms with van der Waals surface area (Å²) in [5.41, 5.74) is -0.859. The van der Waals surface area contributed by atoms with Crippen molar-refractivity contribution < 1.29 is 42.9 Å². The lowest BCUT2D eigenvalue weighted by Crippen LogP contribution is -2.61. The lowest BCUT2D eigenvalue weighted by Gasteiger charge is -2.44. The molecule has 0 aliphatic carbocycles. The van der Waals surface area contributed by atoms with Gasteiger partial charge in [-0.05, 0) is 22.9 Å². The topological polar surface area (TPSA) is 114 Å². The van der Waals surface area contributed by atoms with Gasteiger partial charge in [-0.15, -0.1) is 0 Å². The van der Waals surface area contributed by atoms with E-state index in [0.29, 0.717) is 0 Å². The van der Waals surface area contributed by atoms with Crippen LogP contribution in [0.4, 0.5) is 0 Å². The maximum absolute atomic E-state index is 11.9. The number of hydrogen-bond donors (Lipinski definition) is 0. The minimum Gasteiger partial charge on any atom is -0.463 e. The van der Waals surface area contributed by atoms with E-state index in [1.165, 1.54) is 39.5 Å². The number of carbonyl (C=O) groups excluding carboxylic acids is 4. The molecule has 9 nitrogen and oxygen atoms in total. The van der Waals surface area contributed by atoms with Gasteiger partial charge in [0.2, 0.25) is 0 Å². The zero-order valence-corrected chi connectivity index (χ0v) is 20.0. The number of benzene rings is 2. The standard InChI is InChI=1S/C24H26O9S/c1-13(25)29-12-20-21(30-14(2)26)22(31-15(3)27)23(32-16(4)28)24(33-20)34-19-10-9-17-7-5-6-8-18(17)11-19/h5-11,20-24H,12H2,1-4H3/t20-,21+,22+,23+,24+/m1/s1. The molecule has 2 aromatic carbocycles. The first-order chi connectivity index (χ1) is 16.1. The van der Waals surface area contributed by atoms with Crippen LogP contribution in [0.15, 0.2) is 47.4 Å². The van der Waals surface area contributed by atoms with Gasteiger partial charge in [0.1, 0.15) is 18.1 Å². The highest BCUT2D eigenvalue weighted by Crippen LogP contribution is 2.38.